The summed E-state index contributed by atoms with van der Waals surface area (Å²) in [6.07, 6.45) is 0. The molecule has 0 fully saturated rings. The third-order valence-electron chi connectivity index (χ3n) is 11.1. The monoisotopic (exact) mass is 619 g/mol. The Morgan fingerprint density at radius 1 is 0.367 bits per heavy atom. The largest absolute Gasteiger partial charge is 0.247 e. The van der Waals surface area contributed by atoms with Gasteiger partial charge in [0.2, 0.25) is 0 Å². The summed E-state index contributed by atoms with van der Waals surface area (Å²) in [5, 5.41) is 6.14. The van der Waals surface area contributed by atoms with Crippen LogP contribution in [-0.4, -0.2) is 4.98 Å². The molecule has 9 aromatic rings. The predicted molar refractivity (Wildman–Crippen MR) is 204 cm³/mol. The Morgan fingerprint density at radius 2 is 0.939 bits per heavy atom. The highest BCUT2D eigenvalue weighted by Gasteiger charge is 2.52. The molecule has 0 saturated heterocycles. The summed E-state index contributed by atoms with van der Waals surface area (Å²) in [4.78, 5) is 5.52. The second-order valence-corrected chi connectivity index (χ2v) is 13.4. The zero-order valence-corrected chi connectivity index (χ0v) is 26.7. The molecule has 226 valence electrons. The predicted octanol–water partition coefficient (Wildman–Crippen LogP) is 12.2. The smallest absolute Gasteiger partial charge is 0.0794 e. The topological polar surface area (TPSA) is 12.9 Å². The van der Waals surface area contributed by atoms with Gasteiger partial charge in [0.05, 0.1) is 16.6 Å². The summed E-state index contributed by atoms with van der Waals surface area (Å²) in [5.41, 5.74) is 15.8. The third kappa shape index (κ3) is 3.46. The van der Waals surface area contributed by atoms with E-state index < -0.39 is 5.41 Å². The molecule has 1 heteroatoms. The number of fused-ring (bicyclic) bond motifs is 15. The molecule has 8 aromatic carbocycles. The van der Waals surface area contributed by atoms with E-state index in [9.17, 15) is 0 Å². The lowest BCUT2D eigenvalue weighted by Crippen LogP contribution is -2.25. The Bertz CT molecular complexity index is 2790. The van der Waals surface area contributed by atoms with Gasteiger partial charge in [0.25, 0.3) is 0 Å². The molecular weight excluding hydrogens is 591 g/mol. The van der Waals surface area contributed by atoms with E-state index in [0.29, 0.717) is 0 Å². The van der Waals surface area contributed by atoms with E-state index in [1.807, 2.05) is 0 Å². The quantitative estimate of drug-likeness (QED) is 0.175. The van der Waals surface area contributed by atoms with E-state index in [-0.39, 0.29) is 0 Å². The minimum atomic E-state index is -0.402. The first-order valence-electron chi connectivity index (χ1n) is 17.1. The number of para-hydroxylation sites is 1. The third-order valence-corrected chi connectivity index (χ3v) is 11.1. The van der Waals surface area contributed by atoms with Crippen molar-refractivity contribution in [2.75, 3.05) is 0 Å². The first-order valence-corrected chi connectivity index (χ1v) is 17.1. The Labute approximate surface area is 284 Å². The molecule has 11 rings (SSSR count). The highest BCUT2D eigenvalue weighted by Crippen LogP contribution is 2.64. The second-order valence-electron chi connectivity index (χ2n) is 13.4. The van der Waals surface area contributed by atoms with E-state index in [4.69, 9.17) is 4.98 Å². The van der Waals surface area contributed by atoms with Crippen LogP contribution < -0.4 is 0 Å². The van der Waals surface area contributed by atoms with Crippen molar-refractivity contribution in [3.63, 3.8) is 0 Å². The van der Waals surface area contributed by atoms with Gasteiger partial charge >= 0.3 is 0 Å². The van der Waals surface area contributed by atoms with Gasteiger partial charge < -0.3 is 0 Å². The van der Waals surface area contributed by atoms with Gasteiger partial charge in [-0.15, -0.1) is 0 Å². The van der Waals surface area contributed by atoms with Crippen LogP contribution in [0.15, 0.2) is 176 Å². The Kier molecular flexibility index (Phi) is 5.38. The normalized spacial score (nSPS) is 13.5. The van der Waals surface area contributed by atoms with Crippen molar-refractivity contribution in [3.05, 3.63) is 198 Å². The Hall–Kier alpha value is -6.31. The number of pyridine rings is 1. The van der Waals surface area contributed by atoms with Crippen molar-refractivity contribution in [2.24, 2.45) is 0 Å². The maximum atomic E-state index is 5.52. The molecule has 2 aliphatic carbocycles. The van der Waals surface area contributed by atoms with E-state index >= 15 is 0 Å². The highest BCUT2D eigenvalue weighted by atomic mass is 14.7. The SMILES string of the molecule is c1cc(-c2cccc3ccccc23)cc(-c2nc3ccccc3c3ccc4c(c23)-c2ccccc2C42c3ccccc3-c3ccccc32)c1. The number of hydrogen-bond donors (Lipinski definition) is 0. The summed E-state index contributed by atoms with van der Waals surface area (Å²) in [5.74, 6) is 0. The first kappa shape index (κ1) is 26.7. The summed E-state index contributed by atoms with van der Waals surface area (Å²) >= 11 is 0. The molecule has 0 atom stereocenters. The van der Waals surface area contributed by atoms with Crippen molar-refractivity contribution < 1.29 is 0 Å². The van der Waals surface area contributed by atoms with Crippen molar-refractivity contribution >= 4 is 32.4 Å². The Morgan fingerprint density at radius 3 is 1.73 bits per heavy atom. The van der Waals surface area contributed by atoms with Gasteiger partial charge in [-0.25, -0.2) is 4.98 Å². The lowest BCUT2D eigenvalue weighted by atomic mass is 9.70. The fourth-order valence-electron chi connectivity index (χ4n) is 9.15. The average molecular weight is 620 g/mol. The fourth-order valence-corrected chi connectivity index (χ4v) is 9.15. The van der Waals surface area contributed by atoms with Crippen LogP contribution in [0.2, 0.25) is 0 Å². The van der Waals surface area contributed by atoms with Gasteiger partial charge in [-0.05, 0) is 83.9 Å². The van der Waals surface area contributed by atoms with Crippen LogP contribution in [0.5, 0.6) is 0 Å². The zero-order chi connectivity index (χ0) is 32.1. The summed E-state index contributed by atoms with van der Waals surface area (Å²) in [6.45, 7) is 0. The number of benzene rings is 8. The number of rotatable bonds is 2. The van der Waals surface area contributed by atoms with Crippen LogP contribution in [-0.2, 0) is 5.41 Å². The molecule has 0 N–H and O–H groups in total. The van der Waals surface area contributed by atoms with Crippen LogP contribution in [0.25, 0.3) is 77.1 Å². The molecule has 1 heterocycles. The van der Waals surface area contributed by atoms with E-state index in [1.165, 1.54) is 82.6 Å². The molecule has 0 saturated carbocycles. The molecule has 1 nitrogen and oxygen atoms in total. The highest BCUT2D eigenvalue weighted by molar-refractivity contribution is 6.19. The van der Waals surface area contributed by atoms with Crippen molar-refractivity contribution in [3.8, 4) is 44.6 Å². The molecule has 0 amide bonds. The maximum Gasteiger partial charge on any atom is 0.0794 e. The van der Waals surface area contributed by atoms with Gasteiger partial charge in [0, 0.05) is 16.3 Å². The van der Waals surface area contributed by atoms with Crippen LogP contribution in [0.1, 0.15) is 22.3 Å². The van der Waals surface area contributed by atoms with E-state index in [2.05, 4.69) is 176 Å². The number of hydrogen-bond acceptors (Lipinski definition) is 1. The molecule has 0 unspecified atom stereocenters. The van der Waals surface area contributed by atoms with Gasteiger partial charge in [-0.2, -0.15) is 0 Å². The van der Waals surface area contributed by atoms with Crippen molar-refractivity contribution in [1.82, 2.24) is 4.98 Å². The van der Waals surface area contributed by atoms with Gasteiger partial charge in [0.15, 0.2) is 0 Å². The minimum absolute atomic E-state index is 0.402. The molecular formula is C48H29N. The van der Waals surface area contributed by atoms with E-state index in [0.717, 1.165) is 16.8 Å². The minimum Gasteiger partial charge on any atom is -0.247 e. The molecule has 0 bridgehead atoms. The van der Waals surface area contributed by atoms with Crippen LogP contribution in [0.4, 0.5) is 0 Å². The first-order chi connectivity index (χ1) is 24.3. The van der Waals surface area contributed by atoms with Crippen LogP contribution in [0, 0.1) is 0 Å². The molecule has 49 heavy (non-hydrogen) atoms. The maximum absolute atomic E-state index is 5.52. The number of aromatic nitrogens is 1. The Balaban J connectivity index is 1.28. The van der Waals surface area contributed by atoms with Crippen molar-refractivity contribution in [2.45, 2.75) is 5.41 Å². The number of nitrogens with zero attached hydrogens (tertiary/aromatic N) is 1. The molecule has 1 aromatic heterocycles. The molecule has 0 radical (unpaired) electrons. The summed E-state index contributed by atoms with van der Waals surface area (Å²) < 4.78 is 0. The van der Waals surface area contributed by atoms with Crippen LogP contribution >= 0.6 is 0 Å². The van der Waals surface area contributed by atoms with Gasteiger partial charge in [0.1, 0.15) is 0 Å². The fraction of sp³-hybridized carbons (Fsp3) is 0.0208. The summed E-state index contributed by atoms with van der Waals surface area (Å²) in [7, 11) is 0. The molecule has 2 aliphatic rings. The second kappa shape index (κ2) is 9.86. The van der Waals surface area contributed by atoms with Crippen molar-refractivity contribution in [1.29, 1.82) is 0 Å². The lowest BCUT2D eigenvalue weighted by molar-refractivity contribution is 0.794. The standard InChI is InChI=1S/C48H29N/c1-2-17-33-30(13-1)14-12-22-34(33)31-15-11-16-32(29-31)47-46-38(37-20-6-10-26-44(37)49-47)27-28-43-45(46)39-21-5-9-25-42(39)48(43)40-23-7-3-18-35(40)36-19-4-8-24-41(36)48/h1-29H. The van der Waals surface area contributed by atoms with E-state index in [1.54, 1.807) is 0 Å². The average Bonchev–Trinajstić information content (AvgIpc) is 3.65. The summed E-state index contributed by atoms with van der Waals surface area (Å²) in [6, 6.07) is 64.8. The van der Waals surface area contributed by atoms with Crippen LogP contribution in [0.3, 0.4) is 0 Å². The zero-order valence-electron chi connectivity index (χ0n) is 26.7. The molecule has 1 spiro atoms. The molecule has 0 aliphatic heterocycles. The van der Waals surface area contributed by atoms with Gasteiger partial charge in [-0.1, -0.05) is 164 Å². The lowest BCUT2D eigenvalue weighted by Gasteiger charge is -2.30. The van der Waals surface area contributed by atoms with Gasteiger partial charge in [-0.3, -0.25) is 0 Å².